The highest BCUT2D eigenvalue weighted by Crippen LogP contribution is 2.27. The maximum absolute atomic E-state index is 13.3. The van der Waals surface area contributed by atoms with E-state index in [1.54, 1.807) is 6.07 Å². The molecule has 1 aliphatic rings. The van der Waals surface area contributed by atoms with Crippen molar-refractivity contribution in [2.45, 2.75) is 39.3 Å². The molecule has 1 N–H and O–H groups in total. The van der Waals surface area contributed by atoms with Crippen molar-refractivity contribution in [2.24, 2.45) is 0 Å². The summed E-state index contributed by atoms with van der Waals surface area (Å²) >= 11 is 0. The predicted octanol–water partition coefficient (Wildman–Crippen LogP) is 2.32. The zero-order valence-electron chi connectivity index (χ0n) is 12.7. The molecule has 0 radical (unpaired) electrons. The van der Waals surface area contributed by atoms with Crippen molar-refractivity contribution < 1.29 is 13.9 Å². The minimum atomic E-state index is -0.297. The third-order valence-electron chi connectivity index (χ3n) is 3.59. The Balaban J connectivity index is 1.96. The first-order chi connectivity index (χ1) is 10.2. The molecule has 0 saturated heterocycles. The number of likely N-dealkylation sites (N-methyl/N-ethyl adjacent to an activating group) is 1. The van der Waals surface area contributed by atoms with Gasteiger partial charge in [-0.15, -0.1) is 0 Å². The van der Waals surface area contributed by atoms with Gasteiger partial charge in [0.2, 0.25) is 0 Å². The quantitative estimate of drug-likeness (QED) is 0.800. The number of hydrogen-bond acceptors (Lipinski definition) is 3. The highest BCUT2D eigenvalue weighted by Gasteiger charge is 2.31. The number of nitrogens with one attached hydrogen (secondary N) is 1. The molecule has 1 aliphatic carbocycles. The minimum Gasteiger partial charge on any atom is -0.483 e. The summed E-state index contributed by atoms with van der Waals surface area (Å²) in [7, 11) is 0. The molecule has 0 heterocycles. The normalized spacial score (nSPS) is 14.0. The fourth-order valence-electron chi connectivity index (χ4n) is 2.33. The standard InChI is InChI=1S/C16H23FN2O2/c1-3-18-10-12-9-13(17)5-8-15(12)21-11-16(20)19(4-2)14-6-7-14/h5,8-9,14,18H,3-4,6-7,10-11H2,1-2H3. The van der Waals surface area contributed by atoms with E-state index in [4.69, 9.17) is 4.74 Å². The molecular weight excluding hydrogens is 271 g/mol. The lowest BCUT2D eigenvalue weighted by Gasteiger charge is -2.21. The van der Waals surface area contributed by atoms with Crippen molar-refractivity contribution in [1.29, 1.82) is 0 Å². The maximum atomic E-state index is 13.3. The molecule has 1 aromatic rings. The van der Waals surface area contributed by atoms with E-state index in [9.17, 15) is 9.18 Å². The number of ether oxygens (including phenoxy) is 1. The molecule has 1 aromatic carbocycles. The Morgan fingerprint density at radius 1 is 1.43 bits per heavy atom. The number of amides is 1. The summed E-state index contributed by atoms with van der Waals surface area (Å²) in [6.07, 6.45) is 2.17. The first-order valence-electron chi connectivity index (χ1n) is 7.57. The number of carbonyl (C=O) groups excluding carboxylic acids is 1. The second-order valence-electron chi connectivity index (χ2n) is 5.23. The summed E-state index contributed by atoms with van der Waals surface area (Å²) in [6, 6.07) is 4.78. The highest BCUT2D eigenvalue weighted by atomic mass is 19.1. The summed E-state index contributed by atoms with van der Waals surface area (Å²) in [6.45, 7) is 6.00. The van der Waals surface area contributed by atoms with E-state index in [0.717, 1.165) is 24.9 Å². The zero-order chi connectivity index (χ0) is 15.2. The first-order valence-corrected chi connectivity index (χ1v) is 7.57. The van der Waals surface area contributed by atoms with Crippen LogP contribution in [0.1, 0.15) is 32.3 Å². The molecular formula is C16H23FN2O2. The molecule has 0 bridgehead atoms. The maximum Gasteiger partial charge on any atom is 0.260 e. The van der Waals surface area contributed by atoms with Crippen LogP contribution in [-0.2, 0) is 11.3 Å². The van der Waals surface area contributed by atoms with Crippen molar-refractivity contribution in [1.82, 2.24) is 10.2 Å². The van der Waals surface area contributed by atoms with Crippen LogP contribution in [0, 0.1) is 5.82 Å². The van der Waals surface area contributed by atoms with Gasteiger partial charge >= 0.3 is 0 Å². The zero-order valence-corrected chi connectivity index (χ0v) is 12.7. The number of hydrogen-bond donors (Lipinski definition) is 1. The van der Waals surface area contributed by atoms with Gasteiger partial charge in [-0.3, -0.25) is 4.79 Å². The van der Waals surface area contributed by atoms with Crippen molar-refractivity contribution in [2.75, 3.05) is 19.7 Å². The van der Waals surface area contributed by atoms with Gasteiger partial charge in [0.25, 0.3) is 5.91 Å². The van der Waals surface area contributed by atoms with Crippen LogP contribution in [0.2, 0.25) is 0 Å². The fraction of sp³-hybridized carbons (Fsp3) is 0.562. The van der Waals surface area contributed by atoms with Crippen LogP contribution in [0.3, 0.4) is 0 Å². The molecule has 1 saturated carbocycles. The lowest BCUT2D eigenvalue weighted by Crippen LogP contribution is -2.36. The van der Waals surface area contributed by atoms with Gasteiger partial charge in [-0.25, -0.2) is 4.39 Å². The van der Waals surface area contributed by atoms with Crippen LogP contribution in [0.15, 0.2) is 18.2 Å². The molecule has 0 aliphatic heterocycles. The van der Waals surface area contributed by atoms with Gasteiger partial charge < -0.3 is 15.0 Å². The molecule has 2 rings (SSSR count). The molecule has 1 fully saturated rings. The van der Waals surface area contributed by atoms with Gasteiger partial charge in [-0.05, 0) is 44.5 Å². The molecule has 116 valence electrons. The average Bonchev–Trinajstić information content (AvgIpc) is 3.29. The Morgan fingerprint density at radius 3 is 2.81 bits per heavy atom. The average molecular weight is 294 g/mol. The summed E-state index contributed by atoms with van der Waals surface area (Å²) in [5, 5.41) is 3.14. The van der Waals surface area contributed by atoms with E-state index in [-0.39, 0.29) is 18.3 Å². The molecule has 1 amide bonds. The van der Waals surface area contributed by atoms with E-state index >= 15 is 0 Å². The molecule has 0 unspecified atom stereocenters. The Kier molecular flexibility index (Phi) is 5.56. The Hall–Kier alpha value is -1.62. The largest absolute Gasteiger partial charge is 0.483 e. The summed E-state index contributed by atoms with van der Waals surface area (Å²) in [5.74, 6) is 0.269. The van der Waals surface area contributed by atoms with Crippen LogP contribution < -0.4 is 10.1 Å². The van der Waals surface area contributed by atoms with Crippen molar-refractivity contribution >= 4 is 5.91 Å². The van der Waals surface area contributed by atoms with Crippen molar-refractivity contribution in [3.05, 3.63) is 29.6 Å². The predicted molar refractivity (Wildman–Crippen MR) is 79.7 cm³/mol. The molecule has 5 heteroatoms. The highest BCUT2D eigenvalue weighted by molar-refractivity contribution is 5.78. The van der Waals surface area contributed by atoms with Crippen LogP contribution >= 0.6 is 0 Å². The van der Waals surface area contributed by atoms with Crippen LogP contribution in [0.5, 0.6) is 5.75 Å². The van der Waals surface area contributed by atoms with Gasteiger partial charge in [0, 0.05) is 24.7 Å². The molecule has 0 spiro atoms. The lowest BCUT2D eigenvalue weighted by molar-refractivity contribution is -0.133. The van der Waals surface area contributed by atoms with E-state index in [0.29, 0.717) is 24.9 Å². The van der Waals surface area contributed by atoms with Gasteiger partial charge in [-0.2, -0.15) is 0 Å². The van der Waals surface area contributed by atoms with Gasteiger partial charge in [0.05, 0.1) is 0 Å². The Bertz CT molecular complexity index is 489. The summed E-state index contributed by atoms with van der Waals surface area (Å²) in [5.41, 5.74) is 0.735. The molecule has 0 atom stereocenters. The second-order valence-corrected chi connectivity index (χ2v) is 5.23. The SMILES string of the molecule is CCNCc1cc(F)ccc1OCC(=O)N(CC)C1CC1. The van der Waals surface area contributed by atoms with E-state index < -0.39 is 0 Å². The third-order valence-corrected chi connectivity index (χ3v) is 3.59. The van der Waals surface area contributed by atoms with Crippen molar-refractivity contribution in [3.63, 3.8) is 0 Å². The number of rotatable bonds is 8. The number of benzene rings is 1. The fourth-order valence-corrected chi connectivity index (χ4v) is 2.33. The van der Waals surface area contributed by atoms with E-state index in [2.05, 4.69) is 5.32 Å². The van der Waals surface area contributed by atoms with Gasteiger partial charge in [-0.1, -0.05) is 6.92 Å². The van der Waals surface area contributed by atoms with E-state index in [1.165, 1.54) is 12.1 Å². The topological polar surface area (TPSA) is 41.6 Å². The Morgan fingerprint density at radius 2 is 2.19 bits per heavy atom. The first kappa shape index (κ1) is 15.8. The molecule has 21 heavy (non-hydrogen) atoms. The summed E-state index contributed by atoms with van der Waals surface area (Å²) in [4.78, 5) is 14.0. The van der Waals surface area contributed by atoms with Gasteiger partial charge in [0.1, 0.15) is 11.6 Å². The van der Waals surface area contributed by atoms with Gasteiger partial charge in [0.15, 0.2) is 6.61 Å². The van der Waals surface area contributed by atoms with Crippen LogP contribution in [-0.4, -0.2) is 36.5 Å². The minimum absolute atomic E-state index is 0.00118. The van der Waals surface area contributed by atoms with Crippen LogP contribution in [0.25, 0.3) is 0 Å². The Labute approximate surface area is 125 Å². The van der Waals surface area contributed by atoms with Crippen LogP contribution in [0.4, 0.5) is 4.39 Å². The van der Waals surface area contributed by atoms with E-state index in [1.807, 2.05) is 18.7 Å². The molecule has 4 nitrogen and oxygen atoms in total. The third kappa shape index (κ3) is 4.43. The van der Waals surface area contributed by atoms with Crippen molar-refractivity contribution in [3.8, 4) is 5.75 Å². The smallest absolute Gasteiger partial charge is 0.260 e. The lowest BCUT2D eigenvalue weighted by atomic mass is 10.2. The second kappa shape index (κ2) is 7.41. The monoisotopic (exact) mass is 294 g/mol. The molecule has 0 aromatic heterocycles. The summed E-state index contributed by atoms with van der Waals surface area (Å²) < 4.78 is 18.9. The number of nitrogens with zero attached hydrogens (tertiary/aromatic N) is 1. The number of carbonyl (C=O) groups is 1. The number of halogens is 1.